The largest absolute Gasteiger partial charge is 0.392 e. The highest BCUT2D eigenvalue weighted by Gasteiger charge is 2.55. The first-order chi connectivity index (χ1) is 7.62. The van der Waals surface area contributed by atoms with E-state index in [0.29, 0.717) is 0 Å². The molecule has 0 aliphatic carbocycles. The Morgan fingerprint density at radius 1 is 1.06 bits per heavy atom. The highest BCUT2D eigenvalue weighted by Crippen LogP contribution is 2.46. The van der Waals surface area contributed by atoms with Gasteiger partial charge in [0.2, 0.25) is 0 Å². The second-order valence-electron chi connectivity index (χ2n) is 4.71. The Bertz CT molecular complexity index is 264. The molecule has 16 heavy (non-hydrogen) atoms. The van der Waals surface area contributed by atoms with Crippen LogP contribution in [0.4, 0.5) is 0 Å². The number of carbonyl (C=O) groups is 2. The quantitative estimate of drug-likeness (QED) is 0.516. The van der Waals surface area contributed by atoms with Gasteiger partial charge in [-0.1, -0.05) is 40.0 Å². The van der Waals surface area contributed by atoms with Crippen LogP contribution in [0, 0.1) is 11.3 Å². The molecule has 0 saturated carbocycles. The molecule has 1 rings (SSSR count). The standard InChI is InChI=1S/C13H22O3/c1-4-7-10-11(14)16-12(15)13(10,8-5-2)9-6-3/h10H,4-9H2,1-3H3. The lowest BCUT2D eigenvalue weighted by Gasteiger charge is -2.28. The molecule has 1 heterocycles. The summed E-state index contributed by atoms with van der Waals surface area (Å²) in [7, 11) is 0. The molecule has 92 valence electrons. The lowest BCUT2D eigenvalue weighted by Crippen LogP contribution is -2.34. The highest BCUT2D eigenvalue weighted by atomic mass is 16.6. The Morgan fingerprint density at radius 2 is 1.62 bits per heavy atom. The van der Waals surface area contributed by atoms with Crippen LogP contribution in [0.2, 0.25) is 0 Å². The van der Waals surface area contributed by atoms with Crippen molar-refractivity contribution in [1.82, 2.24) is 0 Å². The maximum absolute atomic E-state index is 11.9. The van der Waals surface area contributed by atoms with Gasteiger partial charge in [0.1, 0.15) is 0 Å². The van der Waals surface area contributed by atoms with E-state index in [4.69, 9.17) is 4.74 Å². The van der Waals surface area contributed by atoms with E-state index in [0.717, 1.165) is 38.5 Å². The van der Waals surface area contributed by atoms with Crippen molar-refractivity contribution >= 4 is 11.9 Å². The van der Waals surface area contributed by atoms with Crippen molar-refractivity contribution in [2.24, 2.45) is 11.3 Å². The van der Waals surface area contributed by atoms with Crippen LogP contribution in [-0.4, -0.2) is 11.9 Å². The van der Waals surface area contributed by atoms with Crippen LogP contribution >= 0.6 is 0 Å². The summed E-state index contributed by atoms with van der Waals surface area (Å²) < 4.78 is 4.87. The second-order valence-corrected chi connectivity index (χ2v) is 4.71. The topological polar surface area (TPSA) is 43.4 Å². The van der Waals surface area contributed by atoms with Crippen LogP contribution < -0.4 is 0 Å². The molecule has 0 aromatic heterocycles. The van der Waals surface area contributed by atoms with Gasteiger partial charge in [-0.2, -0.15) is 0 Å². The van der Waals surface area contributed by atoms with Gasteiger partial charge >= 0.3 is 11.9 Å². The number of cyclic esters (lactones) is 2. The first kappa shape index (κ1) is 13.2. The van der Waals surface area contributed by atoms with Crippen molar-refractivity contribution in [3.8, 4) is 0 Å². The van der Waals surface area contributed by atoms with Crippen LogP contribution in [-0.2, 0) is 14.3 Å². The van der Waals surface area contributed by atoms with E-state index >= 15 is 0 Å². The maximum atomic E-state index is 11.9. The molecule has 3 heteroatoms. The van der Waals surface area contributed by atoms with Gasteiger partial charge in [-0.15, -0.1) is 0 Å². The number of hydrogen-bond acceptors (Lipinski definition) is 3. The van der Waals surface area contributed by atoms with Gasteiger partial charge in [-0.05, 0) is 19.3 Å². The van der Waals surface area contributed by atoms with E-state index in [1.807, 2.05) is 6.92 Å². The van der Waals surface area contributed by atoms with Crippen LogP contribution in [0.25, 0.3) is 0 Å². The summed E-state index contributed by atoms with van der Waals surface area (Å²) in [6, 6.07) is 0. The normalized spacial score (nSPS) is 23.6. The van der Waals surface area contributed by atoms with Gasteiger partial charge < -0.3 is 4.74 Å². The highest BCUT2D eigenvalue weighted by molar-refractivity contribution is 5.99. The molecule has 1 aliphatic rings. The Labute approximate surface area is 97.5 Å². The summed E-state index contributed by atoms with van der Waals surface area (Å²) in [6.45, 7) is 6.14. The van der Waals surface area contributed by atoms with Gasteiger partial charge in [-0.3, -0.25) is 9.59 Å². The number of rotatable bonds is 6. The van der Waals surface area contributed by atoms with Crippen LogP contribution in [0.1, 0.15) is 59.3 Å². The van der Waals surface area contributed by atoms with Crippen molar-refractivity contribution in [2.75, 3.05) is 0 Å². The molecular formula is C13H22O3. The zero-order valence-corrected chi connectivity index (χ0v) is 10.5. The molecule has 0 amide bonds. The van der Waals surface area contributed by atoms with E-state index in [-0.39, 0.29) is 17.9 Å². The second kappa shape index (κ2) is 5.46. The fourth-order valence-electron chi connectivity index (χ4n) is 2.88. The summed E-state index contributed by atoms with van der Waals surface area (Å²) >= 11 is 0. The first-order valence-corrected chi connectivity index (χ1v) is 6.38. The van der Waals surface area contributed by atoms with Crippen LogP contribution in [0.5, 0.6) is 0 Å². The number of hydrogen-bond donors (Lipinski definition) is 0. The molecule has 1 aliphatic heterocycles. The van der Waals surface area contributed by atoms with E-state index < -0.39 is 5.41 Å². The monoisotopic (exact) mass is 226 g/mol. The lowest BCUT2D eigenvalue weighted by molar-refractivity contribution is -0.155. The Balaban J connectivity index is 2.98. The third-order valence-electron chi connectivity index (χ3n) is 3.52. The van der Waals surface area contributed by atoms with Crippen LogP contribution in [0.3, 0.4) is 0 Å². The van der Waals surface area contributed by atoms with E-state index in [1.54, 1.807) is 0 Å². The van der Waals surface area contributed by atoms with E-state index in [1.165, 1.54) is 0 Å². The number of ether oxygens (including phenoxy) is 1. The fourth-order valence-corrected chi connectivity index (χ4v) is 2.88. The van der Waals surface area contributed by atoms with Crippen molar-refractivity contribution < 1.29 is 14.3 Å². The Morgan fingerprint density at radius 3 is 2.06 bits per heavy atom. The SMILES string of the molecule is CCCC1C(=O)OC(=O)C1(CCC)CCC. The summed E-state index contributed by atoms with van der Waals surface area (Å²) in [5.74, 6) is -0.779. The molecule has 1 atom stereocenters. The molecule has 0 N–H and O–H groups in total. The minimum absolute atomic E-state index is 0.204. The average molecular weight is 226 g/mol. The lowest BCUT2D eigenvalue weighted by atomic mass is 9.69. The zero-order chi connectivity index (χ0) is 12.2. The molecule has 1 unspecified atom stereocenters. The minimum atomic E-state index is -0.517. The van der Waals surface area contributed by atoms with E-state index in [9.17, 15) is 9.59 Å². The molecule has 0 bridgehead atoms. The molecule has 0 aromatic carbocycles. The molecule has 0 aromatic rings. The number of esters is 2. The third-order valence-corrected chi connectivity index (χ3v) is 3.52. The zero-order valence-electron chi connectivity index (χ0n) is 10.5. The van der Waals surface area contributed by atoms with Crippen molar-refractivity contribution in [3.05, 3.63) is 0 Å². The maximum Gasteiger partial charge on any atom is 0.320 e. The van der Waals surface area contributed by atoms with Crippen molar-refractivity contribution in [1.29, 1.82) is 0 Å². The predicted molar refractivity (Wildman–Crippen MR) is 61.7 cm³/mol. The molecule has 0 radical (unpaired) electrons. The van der Waals surface area contributed by atoms with Gasteiger partial charge in [0.15, 0.2) is 0 Å². The van der Waals surface area contributed by atoms with E-state index in [2.05, 4.69) is 13.8 Å². The molecule has 0 spiro atoms. The Kier molecular flexibility index (Phi) is 4.51. The summed E-state index contributed by atoms with van der Waals surface area (Å²) in [5, 5.41) is 0. The molecule has 1 saturated heterocycles. The van der Waals surface area contributed by atoms with Gasteiger partial charge in [0.05, 0.1) is 11.3 Å². The summed E-state index contributed by atoms with van der Waals surface area (Å²) in [4.78, 5) is 23.6. The summed E-state index contributed by atoms with van der Waals surface area (Å²) in [5.41, 5.74) is -0.517. The number of carbonyl (C=O) groups excluding carboxylic acids is 2. The fraction of sp³-hybridized carbons (Fsp3) is 0.846. The van der Waals surface area contributed by atoms with Crippen LogP contribution in [0.15, 0.2) is 0 Å². The molecule has 3 nitrogen and oxygen atoms in total. The third kappa shape index (κ3) is 2.13. The predicted octanol–water partition coefficient (Wildman–Crippen LogP) is 3.07. The van der Waals surface area contributed by atoms with Crippen molar-refractivity contribution in [3.63, 3.8) is 0 Å². The van der Waals surface area contributed by atoms with Gasteiger partial charge in [0.25, 0.3) is 0 Å². The van der Waals surface area contributed by atoms with Crippen molar-refractivity contribution in [2.45, 2.75) is 59.3 Å². The average Bonchev–Trinajstić information content (AvgIpc) is 2.45. The van der Waals surface area contributed by atoms with Gasteiger partial charge in [-0.25, -0.2) is 0 Å². The van der Waals surface area contributed by atoms with Gasteiger partial charge in [0, 0.05) is 0 Å². The smallest absolute Gasteiger partial charge is 0.320 e. The summed E-state index contributed by atoms with van der Waals surface area (Å²) in [6.07, 6.45) is 5.07. The minimum Gasteiger partial charge on any atom is -0.392 e. The first-order valence-electron chi connectivity index (χ1n) is 6.38. The molecular weight excluding hydrogens is 204 g/mol. The Hall–Kier alpha value is -0.860. The molecule has 1 fully saturated rings.